The normalized spacial score (nSPS) is 10.8. The SMILES string of the molecule is Nc1n[nH]c(-c2ccc(Br)s2)c1-c1ccc(Br)cc1. The number of anilines is 1. The van der Waals surface area contributed by atoms with Crippen molar-refractivity contribution in [2.75, 3.05) is 5.73 Å². The van der Waals surface area contributed by atoms with Gasteiger partial charge in [0, 0.05) is 4.47 Å². The van der Waals surface area contributed by atoms with Gasteiger partial charge in [0.25, 0.3) is 0 Å². The van der Waals surface area contributed by atoms with Crippen molar-refractivity contribution in [2.24, 2.45) is 0 Å². The van der Waals surface area contributed by atoms with Crippen molar-refractivity contribution in [3.05, 3.63) is 44.7 Å². The fraction of sp³-hybridized carbons (Fsp3) is 0. The van der Waals surface area contributed by atoms with E-state index in [1.54, 1.807) is 11.3 Å². The molecule has 1 aromatic carbocycles. The van der Waals surface area contributed by atoms with Gasteiger partial charge < -0.3 is 5.73 Å². The molecular weight excluding hydrogens is 390 g/mol. The third-order valence-corrected chi connectivity index (χ3v) is 4.92. The summed E-state index contributed by atoms with van der Waals surface area (Å²) in [5.74, 6) is 0.516. The molecule has 0 saturated carbocycles. The number of halogens is 2. The van der Waals surface area contributed by atoms with Crippen LogP contribution in [0.5, 0.6) is 0 Å². The maximum atomic E-state index is 5.99. The highest BCUT2D eigenvalue weighted by Gasteiger charge is 2.15. The molecule has 3 nitrogen and oxygen atoms in total. The predicted octanol–water partition coefficient (Wildman–Crippen LogP) is 4.91. The van der Waals surface area contributed by atoms with E-state index in [2.05, 4.69) is 42.1 Å². The van der Waals surface area contributed by atoms with E-state index in [0.717, 1.165) is 30.0 Å². The number of hydrogen-bond acceptors (Lipinski definition) is 3. The summed E-state index contributed by atoms with van der Waals surface area (Å²) in [6.45, 7) is 0. The van der Waals surface area contributed by atoms with Crippen molar-refractivity contribution < 1.29 is 0 Å². The van der Waals surface area contributed by atoms with Crippen LogP contribution in [0, 0.1) is 0 Å². The summed E-state index contributed by atoms with van der Waals surface area (Å²) in [4.78, 5) is 1.11. The molecule has 96 valence electrons. The van der Waals surface area contributed by atoms with Crippen LogP contribution in [0.2, 0.25) is 0 Å². The van der Waals surface area contributed by atoms with Crippen molar-refractivity contribution in [2.45, 2.75) is 0 Å². The summed E-state index contributed by atoms with van der Waals surface area (Å²) >= 11 is 8.56. The zero-order valence-corrected chi connectivity index (χ0v) is 13.6. The van der Waals surface area contributed by atoms with Gasteiger partial charge in [-0.25, -0.2) is 0 Å². The largest absolute Gasteiger partial charge is 0.382 e. The third-order valence-electron chi connectivity index (χ3n) is 2.75. The minimum atomic E-state index is 0.516. The van der Waals surface area contributed by atoms with Gasteiger partial charge in [-0.15, -0.1) is 11.3 Å². The Morgan fingerprint density at radius 1 is 1.05 bits per heavy atom. The van der Waals surface area contributed by atoms with E-state index in [4.69, 9.17) is 5.73 Å². The summed E-state index contributed by atoms with van der Waals surface area (Å²) in [5.41, 5.74) is 8.94. The van der Waals surface area contributed by atoms with Gasteiger partial charge in [-0.05, 0) is 45.8 Å². The van der Waals surface area contributed by atoms with Gasteiger partial charge in [0.15, 0.2) is 5.82 Å². The Bertz CT molecular complexity index is 716. The predicted molar refractivity (Wildman–Crippen MR) is 87.1 cm³/mol. The molecule has 0 amide bonds. The number of nitrogens with zero attached hydrogens (tertiary/aromatic N) is 1. The minimum Gasteiger partial charge on any atom is -0.382 e. The van der Waals surface area contributed by atoms with Crippen LogP contribution in [-0.4, -0.2) is 10.2 Å². The van der Waals surface area contributed by atoms with Gasteiger partial charge in [0.05, 0.1) is 19.9 Å². The van der Waals surface area contributed by atoms with Crippen molar-refractivity contribution >= 4 is 49.0 Å². The van der Waals surface area contributed by atoms with Crippen molar-refractivity contribution in [3.63, 3.8) is 0 Å². The third kappa shape index (κ3) is 2.48. The summed E-state index contributed by atoms with van der Waals surface area (Å²) < 4.78 is 2.12. The Kier molecular flexibility index (Phi) is 3.47. The zero-order chi connectivity index (χ0) is 13.4. The number of aromatic nitrogens is 2. The smallest absolute Gasteiger partial charge is 0.153 e. The maximum absolute atomic E-state index is 5.99. The van der Waals surface area contributed by atoms with Crippen LogP contribution >= 0.6 is 43.2 Å². The summed E-state index contributed by atoms with van der Waals surface area (Å²) in [6.07, 6.45) is 0. The van der Waals surface area contributed by atoms with Crippen LogP contribution in [0.3, 0.4) is 0 Å². The van der Waals surface area contributed by atoms with Gasteiger partial charge in [0.1, 0.15) is 0 Å². The van der Waals surface area contributed by atoms with Crippen molar-refractivity contribution in [1.29, 1.82) is 0 Å². The lowest BCUT2D eigenvalue weighted by molar-refractivity contribution is 1.11. The second-order valence-electron chi connectivity index (χ2n) is 3.97. The molecule has 0 radical (unpaired) electrons. The molecule has 0 saturated heterocycles. The molecule has 2 aromatic heterocycles. The molecule has 3 N–H and O–H groups in total. The molecule has 19 heavy (non-hydrogen) atoms. The molecule has 0 aliphatic heterocycles. The molecule has 3 rings (SSSR count). The minimum absolute atomic E-state index is 0.516. The summed E-state index contributed by atoms with van der Waals surface area (Å²) in [5, 5.41) is 7.15. The summed E-state index contributed by atoms with van der Waals surface area (Å²) in [7, 11) is 0. The standard InChI is InChI=1S/C13H9Br2N3S/c14-8-3-1-7(2-4-8)11-12(17-18-13(11)16)9-5-6-10(15)19-9/h1-6H,(H3,16,17,18). The van der Waals surface area contributed by atoms with Crippen LogP contribution in [0.25, 0.3) is 21.7 Å². The highest BCUT2D eigenvalue weighted by Crippen LogP contribution is 2.39. The van der Waals surface area contributed by atoms with Crippen LogP contribution < -0.4 is 5.73 Å². The lowest BCUT2D eigenvalue weighted by Gasteiger charge is -2.03. The van der Waals surface area contributed by atoms with E-state index in [9.17, 15) is 0 Å². The van der Waals surface area contributed by atoms with E-state index in [-0.39, 0.29) is 0 Å². The van der Waals surface area contributed by atoms with Gasteiger partial charge >= 0.3 is 0 Å². The second-order valence-corrected chi connectivity index (χ2v) is 7.35. The van der Waals surface area contributed by atoms with Gasteiger partial charge in [0.2, 0.25) is 0 Å². The molecule has 6 heteroatoms. The molecule has 0 spiro atoms. The number of aromatic amines is 1. The molecule has 0 atom stereocenters. The first-order valence-electron chi connectivity index (χ1n) is 5.50. The monoisotopic (exact) mass is 397 g/mol. The molecule has 0 aliphatic carbocycles. The highest BCUT2D eigenvalue weighted by molar-refractivity contribution is 9.11. The number of thiophene rings is 1. The van der Waals surface area contributed by atoms with Crippen LogP contribution in [0.1, 0.15) is 0 Å². The Morgan fingerprint density at radius 3 is 2.42 bits per heavy atom. The number of hydrogen-bond donors (Lipinski definition) is 2. The number of nitrogens with one attached hydrogen (secondary N) is 1. The number of rotatable bonds is 2. The lowest BCUT2D eigenvalue weighted by Crippen LogP contribution is -1.88. The van der Waals surface area contributed by atoms with Crippen LogP contribution in [0.4, 0.5) is 5.82 Å². The van der Waals surface area contributed by atoms with Gasteiger partial charge in [-0.3, -0.25) is 5.10 Å². The fourth-order valence-electron chi connectivity index (χ4n) is 1.89. The second kappa shape index (κ2) is 5.11. The molecule has 3 aromatic rings. The average Bonchev–Trinajstić information content (AvgIpc) is 2.97. The molecule has 2 heterocycles. The van der Waals surface area contributed by atoms with Crippen LogP contribution in [-0.2, 0) is 0 Å². The average molecular weight is 399 g/mol. The Labute approximate surface area is 131 Å². The number of H-pyrrole nitrogens is 1. The molecule has 0 unspecified atom stereocenters. The maximum Gasteiger partial charge on any atom is 0.153 e. The lowest BCUT2D eigenvalue weighted by atomic mass is 10.0. The van der Waals surface area contributed by atoms with Gasteiger partial charge in [-0.2, -0.15) is 5.10 Å². The van der Waals surface area contributed by atoms with E-state index in [1.165, 1.54) is 0 Å². The zero-order valence-electron chi connectivity index (χ0n) is 9.65. The van der Waals surface area contributed by atoms with E-state index >= 15 is 0 Å². The van der Waals surface area contributed by atoms with E-state index in [0.29, 0.717) is 5.82 Å². The first-order valence-corrected chi connectivity index (χ1v) is 7.91. The first-order chi connectivity index (χ1) is 9.15. The molecule has 0 fully saturated rings. The summed E-state index contributed by atoms with van der Waals surface area (Å²) in [6, 6.07) is 12.1. The van der Waals surface area contributed by atoms with Gasteiger partial charge in [-0.1, -0.05) is 28.1 Å². The molecular formula is C13H9Br2N3S. The highest BCUT2D eigenvalue weighted by atomic mass is 79.9. The molecule has 0 aliphatic rings. The first kappa shape index (κ1) is 12.9. The quantitative estimate of drug-likeness (QED) is 0.644. The van der Waals surface area contributed by atoms with Crippen molar-refractivity contribution in [1.82, 2.24) is 10.2 Å². The number of nitrogen functional groups attached to an aromatic ring is 1. The van der Waals surface area contributed by atoms with Crippen LogP contribution in [0.15, 0.2) is 44.7 Å². The number of benzene rings is 1. The Hall–Kier alpha value is -1.11. The Morgan fingerprint density at radius 2 is 1.79 bits per heavy atom. The molecule has 0 bridgehead atoms. The van der Waals surface area contributed by atoms with E-state index in [1.807, 2.05) is 36.4 Å². The van der Waals surface area contributed by atoms with E-state index < -0.39 is 0 Å². The Balaban J connectivity index is 2.16. The number of nitrogens with two attached hydrogens (primary N) is 1. The topological polar surface area (TPSA) is 54.7 Å². The fourth-order valence-corrected chi connectivity index (χ4v) is 3.54. The van der Waals surface area contributed by atoms with Crippen molar-refractivity contribution in [3.8, 4) is 21.7 Å².